The second-order valence-corrected chi connectivity index (χ2v) is 4.59. The zero-order valence-electron chi connectivity index (χ0n) is 9.28. The van der Waals surface area contributed by atoms with Crippen molar-refractivity contribution in [3.63, 3.8) is 0 Å². The highest BCUT2D eigenvalue weighted by molar-refractivity contribution is 7.07. The second kappa shape index (κ2) is 4.71. The minimum atomic E-state index is -0.725. The number of nitrogens with two attached hydrogens (primary N) is 1. The Morgan fingerprint density at radius 1 is 1.35 bits per heavy atom. The number of anilines is 2. The maximum atomic E-state index is 13.3. The molecule has 0 aliphatic heterocycles. The van der Waals surface area contributed by atoms with E-state index in [-0.39, 0.29) is 5.69 Å². The molecule has 2 rings (SSSR count). The van der Waals surface area contributed by atoms with Crippen LogP contribution in [0.25, 0.3) is 0 Å². The van der Waals surface area contributed by atoms with Crippen molar-refractivity contribution >= 4 is 22.7 Å². The first-order chi connectivity index (χ1) is 8.08. The molecule has 0 spiro atoms. The summed E-state index contributed by atoms with van der Waals surface area (Å²) in [4.78, 5) is 1.73. The van der Waals surface area contributed by atoms with Crippen LogP contribution in [0.1, 0.15) is 5.56 Å². The molecule has 2 N–H and O–H groups in total. The van der Waals surface area contributed by atoms with E-state index in [1.807, 2.05) is 16.8 Å². The van der Waals surface area contributed by atoms with Crippen LogP contribution in [0.5, 0.6) is 0 Å². The Kier molecular flexibility index (Phi) is 3.28. The Morgan fingerprint density at radius 2 is 2.12 bits per heavy atom. The zero-order chi connectivity index (χ0) is 12.4. The molecule has 2 nitrogen and oxygen atoms in total. The summed E-state index contributed by atoms with van der Waals surface area (Å²) in [7, 11) is 1.75. The molecule has 1 aromatic heterocycles. The van der Waals surface area contributed by atoms with E-state index in [9.17, 15) is 8.78 Å². The maximum Gasteiger partial charge on any atom is 0.151 e. The first-order valence-corrected chi connectivity index (χ1v) is 5.99. The van der Waals surface area contributed by atoms with Gasteiger partial charge in [-0.3, -0.25) is 0 Å². The predicted molar refractivity (Wildman–Crippen MR) is 67.2 cm³/mol. The fourth-order valence-corrected chi connectivity index (χ4v) is 2.29. The molecule has 5 heteroatoms. The van der Waals surface area contributed by atoms with Gasteiger partial charge in [-0.15, -0.1) is 0 Å². The van der Waals surface area contributed by atoms with Crippen LogP contribution in [0.3, 0.4) is 0 Å². The minimum absolute atomic E-state index is 0.0240. The molecule has 0 unspecified atom stereocenters. The van der Waals surface area contributed by atoms with Gasteiger partial charge in [-0.25, -0.2) is 8.78 Å². The molecular formula is C12H12F2N2S. The molecule has 0 radical (unpaired) electrons. The summed E-state index contributed by atoms with van der Waals surface area (Å²) in [6, 6.07) is 4.00. The maximum absolute atomic E-state index is 13.3. The number of benzene rings is 1. The van der Waals surface area contributed by atoms with Crippen LogP contribution in [-0.4, -0.2) is 7.05 Å². The van der Waals surface area contributed by atoms with Crippen molar-refractivity contribution in [3.05, 3.63) is 46.2 Å². The molecule has 0 fully saturated rings. The molecule has 0 aliphatic carbocycles. The predicted octanol–water partition coefficient (Wildman–Crippen LogP) is 3.24. The first kappa shape index (κ1) is 11.9. The van der Waals surface area contributed by atoms with Crippen LogP contribution in [0, 0.1) is 11.6 Å². The van der Waals surface area contributed by atoms with Gasteiger partial charge in [-0.1, -0.05) is 0 Å². The average Bonchev–Trinajstić information content (AvgIpc) is 2.76. The normalized spacial score (nSPS) is 10.5. The number of rotatable bonds is 3. The molecule has 0 saturated carbocycles. The van der Waals surface area contributed by atoms with Crippen LogP contribution in [0.2, 0.25) is 0 Å². The monoisotopic (exact) mass is 254 g/mol. The molecule has 0 amide bonds. The van der Waals surface area contributed by atoms with Crippen molar-refractivity contribution in [2.24, 2.45) is 0 Å². The van der Waals surface area contributed by atoms with E-state index < -0.39 is 11.6 Å². The van der Waals surface area contributed by atoms with Crippen molar-refractivity contribution in [1.82, 2.24) is 0 Å². The van der Waals surface area contributed by atoms with Crippen LogP contribution in [0.15, 0.2) is 29.0 Å². The molecule has 1 aromatic carbocycles. The Balaban J connectivity index is 2.27. The van der Waals surface area contributed by atoms with Gasteiger partial charge in [0.05, 0.1) is 11.4 Å². The van der Waals surface area contributed by atoms with E-state index in [0.717, 1.165) is 11.6 Å². The molecule has 2 aromatic rings. The molecule has 90 valence electrons. The van der Waals surface area contributed by atoms with E-state index in [1.165, 1.54) is 6.07 Å². The fraction of sp³-hybridized carbons (Fsp3) is 0.167. The van der Waals surface area contributed by atoms with Crippen LogP contribution >= 0.6 is 11.3 Å². The topological polar surface area (TPSA) is 29.3 Å². The number of nitrogen functional groups attached to an aromatic ring is 1. The Hall–Kier alpha value is -1.62. The van der Waals surface area contributed by atoms with Gasteiger partial charge in [0.2, 0.25) is 0 Å². The van der Waals surface area contributed by atoms with E-state index in [4.69, 9.17) is 5.73 Å². The minimum Gasteiger partial charge on any atom is -0.395 e. The number of hydrogen-bond donors (Lipinski definition) is 1. The van der Waals surface area contributed by atoms with E-state index in [0.29, 0.717) is 12.2 Å². The average molecular weight is 254 g/mol. The molecule has 17 heavy (non-hydrogen) atoms. The van der Waals surface area contributed by atoms with Gasteiger partial charge in [0.15, 0.2) is 5.82 Å². The summed E-state index contributed by atoms with van der Waals surface area (Å²) >= 11 is 1.58. The number of thiophene rings is 1. The lowest BCUT2D eigenvalue weighted by molar-refractivity contribution is 0.585. The van der Waals surface area contributed by atoms with Crippen LogP contribution in [-0.2, 0) is 6.54 Å². The van der Waals surface area contributed by atoms with Crippen LogP contribution < -0.4 is 10.6 Å². The van der Waals surface area contributed by atoms with E-state index >= 15 is 0 Å². The van der Waals surface area contributed by atoms with Gasteiger partial charge in [-0.05, 0) is 28.5 Å². The second-order valence-electron chi connectivity index (χ2n) is 3.81. The molecule has 0 aliphatic rings. The number of hydrogen-bond acceptors (Lipinski definition) is 3. The van der Waals surface area contributed by atoms with Crippen molar-refractivity contribution in [1.29, 1.82) is 0 Å². The molecule has 0 bridgehead atoms. The lowest BCUT2D eigenvalue weighted by Crippen LogP contribution is -2.18. The van der Waals surface area contributed by atoms with E-state index in [2.05, 4.69) is 0 Å². The van der Waals surface area contributed by atoms with Gasteiger partial charge >= 0.3 is 0 Å². The molecule has 0 saturated heterocycles. The Morgan fingerprint density at radius 3 is 2.76 bits per heavy atom. The smallest absolute Gasteiger partial charge is 0.151 e. The quantitative estimate of drug-likeness (QED) is 0.852. The van der Waals surface area contributed by atoms with Gasteiger partial charge in [-0.2, -0.15) is 11.3 Å². The first-order valence-electron chi connectivity index (χ1n) is 5.04. The third kappa shape index (κ3) is 2.55. The summed E-state index contributed by atoms with van der Waals surface area (Å²) in [5.41, 5.74) is 7.03. The fourth-order valence-electron chi connectivity index (χ4n) is 1.63. The standard InChI is InChI=1S/C12H12F2N2S/c1-16(6-8-2-3-17-7-8)11-5-9(13)4-10(14)12(11)15/h2-5,7H,6,15H2,1H3. The lowest BCUT2D eigenvalue weighted by atomic mass is 10.2. The van der Waals surface area contributed by atoms with Crippen molar-refractivity contribution < 1.29 is 8.78 Å². The van der Waals surface area contributed by atoms with Crippen LogP contribution in [0.4, 0.5) is 20.2 Å². The van der Waals surface area contributed by atoms with Crippen molar-refractivity contribution in [2.45, 2.75) is 6.54 Å². The van der Waals surface area contributed by atoms with Gasteiger partial charge in [0.25, 0.3) is 0 Å². The number of halogens is 2. The highest BCUT2D eigenvalue weighted by Crippen LogP contribution is 2.27. The van der Waals surface area contributed by atoms with E-state index in [1.54, 1.807) is 23.3 Å². The summed E-state index contributed by atoms with van der Waals surface area (Å²) in [5, 5.41) is 3.95. The lowest BCUT2D eigenvalue weighted by Gasteiger charge is -2.20. The Labute approximate surface area is 102 Å². The summed E-state index contributed by atoms with van der Waals surface area (Å²) in [6.45, 7) is 0.566. The molecule has 0 atom stereocenters. The SMILES string of the molecule is CN(Cc1ccsc1)c1cc(F)cc(F)c1N. The van der Waals surface area contributed by atoms with Crippen molar-refractivity contribution in [2.75, 3.05) is 17.7 Å². The third-order valence-corrected chi connectivity index (χ3v) is 3.22. The highest BCUT2D eigenvalue weighted by atomic mass is 32.1. The zero-order valence-corrected chi connectivity index (χ0v) is 10.1. The molecule has 1 heterocycles. The number of nitrogens with zero attached hydrogens (tertiary/aromatic N) is 1. The highest BCUT2D eigenvalue weighted by Gasteiger charge is 2.12. The third-order valence-electron chi connectivity index (χ3n) is 2.48. The van der Waals surface area contributed by atoms with Gasteiger partial charge in [0.1, 0.15) is 5.82 Å². The van der Waals surface area contributed by atoms with Crippen molar-refractivity contribution in [3.8, 4) is 0 Å². The summed E-state index contributed by atoms with van der Waals surface area (Å²) in [6.07, 6.45) is 0. The largest absolute Gasteiger partial charge is 0.395 e. The molecular weight excluding hydrogens is 242 g/mol. The summed E-state index contributed by atoms with van der Waals surface area (Å²) < 4.78 is 26.4. The van der Waals surface area contributed by atoms with Gasteiger partial charge < -0.3 is 10.6 Å². The summed E-state index contributed by atoms with van der Waals surface area (Å²) in [5.74, 6) is -1.35. The van der Waals surface area contributed by atoms with Gasteiger partial charge in [0, 0.05) is 19.7 Å². The Bertz CT molecular complexity index is 511.